The lowest BCUT2D eigenvalue weighted by Gasteiger charge is -2.39. The predicted octanol–water partition coefficient (Wildman–Crippen LogP) is 5.82. The number of aromatic nitrogens is 3. The number of benzene rings is 3. The molecule has 10 heteroatoms. The number of carbonyl (C=O) groups is 2. The molecule has 2 fully saturated rings. The van der Waals surface area contributed by atoms with Crippen LogP contribution in [-0.2, 0) is 20.0 Å². The van der Waals surface area contributed by atoms with E-state index in [4.69, 9.17) is 23.2 Å². The Morgan fingerprint density at radius 1 is 1.02 bits per heavy atom. The SMILES string of the molecule is Cn1nnc2cc(CN3CCC4(CC3)CCN(C(=O)c3ccc5c(c3)C(NC(=O)c3cccc(Cl)c3Cl)CC5)C4)ccc21. The van der Waals surface area contributed by atoms with Gasteiger partial charge in [-0.25, -0.2) is 4.68 Å². The molecule has 2 saturated heterocycles. The van der Waals surface area contributed by atoms with Crippen molar-refractivity contribution in [2.75, 3.05) is 26.2 Å². The maximum absolute atomic E-state index is 13.7. The van der Waals surface area contributed by atoms with Gasteiger partial charge in [0.15, 0.2) is 0 Å². The number of halogens is 2. The van der Waals surface area contributed by atoms with Crippen molar-refractivity contribution in [2.24, 2.45) is 12.5 Å². The Labute approximate surface area is 260 Å². The summed E-state index contributed by atoms with van der Waals surface area (Å²) in [7, 11) is 1.91. The van der Waals surface area contributed by atoms with Gasteiger partial charge in [-0.1, -0.05) is 46.6 Å². The molecule has 8 nitrogen and oxygen atoms in total. The molecule has 3 heterocycles. The van der Waals surface area contributed by atoms with Crippen LogP contribution in [0.1, 0.15) is 69.1 Å². The highest BCUT2D eigenvalue weighted by molar-refractivity contribution is 6.43. The van der Waals surface area contributed by atoms with E-state index < -0.39 is 0 Å². The summed E-state index contributed by atoms with van der Waals surface area (Å²) < 4.78 is 1.80. The Hall–Kier alpha value is -3.46. The second kappa shape index (κ2) is 11.2. The molecule has 3 aromatic carbocycles. The highest BCUT2D eigenvalue weighted by Crippen LogP contribution is 2.41. The highest BCUT2D eigenvalue weighted by atomic mass is 35.5. The summed E-state index contributed by atoms with van der Waals surface area (Å²) in [5.41, 5.74) is 6.65. The molecule has 1 atom stereocenters. The Kier molecular flexibility index (Phi) is 7.40. The molecule has 43 heavy (non-hydrogen) atoms. The first kappa shape index (κ1) is 28.3. The van der Waals surface area contributed by atoms with Crippen LogP contribution in [0, 0.1) is 5.41 Å². The van der Waals surface area contributed by atoms with Crippen LogP contribution >= 0.6 is 23.2 Å². The number of aryl methyl sites for hydroxylation is 2. The van der Waals surface area contributed by atoms with E-state index in [1.165, 1.54) is 11.1 Å². The van der Waals surface area contributed by atoms with Crippen LogP contribution < -0.4 is 5.32 Å². The zero-order valence-corrected chi connectivity index (χ0v) is 25.7. The fraction of sp³-hybridized carbons (Fsp3) is 0.394. The number of piperidine rings is 1. The van der Waals surface area contributed by atoms with Crippen molar-refractivity contribution >= 4 is 46.0 Å². The van der Waals surface area contributed by atoms with E-state index in [0.29, 0.717) is 16.1 Å². The summed E-state index contributed by atoms with van der Waals surface area (Å²) in [6, 6.07) is 17.3. The molecule has 2 aliphatic heterocycles. The zero-order valence-electron chi connectivity index (χ0n) is 24.2. The molecule has 4 aromatic rings. The average Bonchev–Trinajstić information content (AvgIpc) is 3.72. The van der Waals surface area contributed by atoms with Gasteiger partial charge in [0, 0.05) is 32.2 Å². The Balaban J connectivity index is 0.977. The quantitative estimate of drug-likeness (QED) is 0.305. The third kappa shape index (κ3) is 5.41. The Morgan fingerprint density at radius 2 is 1.84 bits per heavy atom. The first-order chi connectivity index (χ1) is 20.8. The highest BCUT2D eigenvalue weighted by Gasteiger charge is 2.42. The van der Waals surface area contributed by atoms with Gasteiger partial charge in [0.25, 0.3) is 11.8 Å². The number of amides is 2. The van der Waals surface area contributed by atoms with Crippen molar-refractivity contribution in [1.29, 1.82) is 0 Å². The van der Waals surface area contributed by atoms with Gasteiger partial charge < -0.3 is 10.2 Å². The molecule has 222 valence electrons. The van der Waals surface area contributed by atoms with E-state index in [-0.39, 0.29) is 28.3 Å². The average molecular weight is 618 g/mol. The molecule has 0 radical (unpaired) electrons. The third-order valence-electron chi connectivity index (χ3n) is 9.70. The monoisotopic (exact) mass is 616 g/mol. The minimum Gasteiger partial charge on any atom is -0.345 e. The van der Waals surface area contributed by atoms with Crippen molar-refractivity contribution in [3.05, 3.63) is 92.5 Å². The second-order valence-electron chi connectivity index (χ2n) is 12.4. The van der Waals surface area contributed by atoms with Gasteiger partial charge in [-0.2, -0.15) is 0 Å². The summed E-state index contributed by atoms with van der Waals surface area (Å²) in [6.45, 7) is 4.54. The number of carbonyl (C=O) groups excluding carboxylic acids is 2. The Bertz CT molecular complexity index is 1730. The maximum Gasteiger partial charge on any atom is 0.253 e. The van der Waals surface area contributed by atoms with Gasteiger partial charge >= 0.3 is 0 Å². The molecule has 1 unspecified atom stereocenters. The number of nitrogens with one attached hydrogen (secondary N) is 1. The van der Waals surface area contributed by atoms with E-state index in [9.17, 15) is 9.59 Å². The van der Waals surface area contributed by atoms with E-state index in [2.05, 4.69) is 38.7 Å². The van der Waals surface area contributed by atoms with Crippen molar-refractivity contribution in [3.8, 4) is 0 Å². The lowest BCUT2D eigenvalue weighted by molar-refractivity contribution is 0.0713. The summed E-state index contributed by atoms with van der Waals surface area (Å²) >= 11 is 12.4. The fourth-order valence-electron chi connectivity index (χ4n) is 7.13. The number of fused-ring (bicyclic) bond motifs is 2. The van der Waals surface area contributed by atoms with Gasteiger partial charge in [-0.15, -0.1) is 5.10 Å². The summed E-state index contributed by atoms with van der Waals surface area (Å²) in [5, 5.41) is 12.1. The molecule has 1 N–H and O–H groups in total. The Morgan fingerprint density at radius 3 is 2.67 bits per heavy atom. The molecule has 1 spiro atoms. The van der Waals surface area contributed by atoms with Gasteiger partial charge in [0.2, 0.25) is 0 Å². The maximum atomic E-state index is 13.7. The van der Waals surface area contributed by atoms with E-state index >= 15 is 0 Å². The first-order valence-corrected chi connectivity index (χ1v) is 15.7. The largest absolute Gasteiger partial charge is 0.345 e. The smallest absolute Gasteiger partial charge is 0.253 e. The lowest BCUT2D eigenvalue weighted by atomic mass is 9.77. The normalized spacial score (nSPS) is 19.7. The minimum absolute atomic E-state index is 0.0780. The van der Waals surface area contributed by atoms with Crippen LogP contribution in [0.3, 0.4) is 0 Å². The number of nitrogens with zero attached hydrogens (tertiary/aromatic N) is 5. The van der Waals surface area contributed by atoms with E-state index in [1.54, 1.807) is 22.9 Å². The van der Waals surface area contributed by atoms with Crippen LogP contribution in [0.2, 0.25) is 10.0 Å². The van der Waals surface area contributed by atoms with Crippen molar-refractivity contribution in [3.63, 3.8) is 0 Å². The molecule has 1 aliphatic carbocycles. The topological polar surface area (TPSA) is 83.4 Å². The zero-order chi connectivity index (χ0) is 29.7. The lowest BCUT2D eigenvalue weighted by Crippen LogP contribution is -2.42. The standard InChI is InChI=1S/C33H34Cl2N6O2/c1-39-29-10-5-21(17-28(29)37-38-39)19-40-14-11-33(12-15-40)13-16-41(20-33)32(43)23-7-6-22-8-9-27(25(22)18-23)36-31(42)24-3-2-4-26(34)30(24)35/h2-7,10,17-18,27H,8-9,11-16,19-20H2,1H3,(H,36,42). The van der Waals surface area contributed by atoms with Gasteiger partial charge in [0.05, 0.1) is 27.2 Å². The molecule has 7 rings (SSSR count). The van der Waals surface area contributed by atoms with Crippen molar-refractivity contribution in [2.45, 2.75) is 44.7 Å². The van der Waals surface area contributed by atoms with Crippen LogP contribution in [0.25, 0.3) is 11.0 Å². The van der Waals surface area contributed by atoms with Gasteiger partial charge in [0.1, 0.15) is 5.52 Å². The molecular weight excluding hydrogens is 583 g/mol. The fourth-order valence-corrected chi connectivity index (χ4v) is 7.51. The number of rotatable bonds is 5. The van der Waals surface area contributed by atoms with Crippen LogP contribution in [0.4, 0.5) is 0 Å². The van der Waals surface area contributed by atoms with Crippen LogP contribution in [0.15, 0.2) is 54.6 Å². The van der Waals surface area contributed by atoms with Crippen LogP contribution in [0.5, 0.6) is 0 Å². The predicted molar refractivity (Wildman–Crippen MR) is 167 cm³/mol. The van der Waals surface area contributed by atoms with E-state index in [0.717, 1.165) is 81.4 Å². The van der Waals surface area contributed by atoms with Gasteiger partial charge in [-0.05, 0) is 104 Å². The van der Waals surface area contributed by atoms with Crippen LogP contribution in [-0.4, -0.2) is 62.8 Å². The summed E-state index contributed by atoms with van der Waals surface area (Å²) in [5.74, 6) is -0.182. The first-order valence-electron chi connectivity index (χ1n) is 15.0. The molecule has 3 aliphatic rings. The number of likely N-dealkylation sites (tertiary alicyclic amines) is 2. The summed E-state index contributed by atoms with van der Waals surface area (Å²) in [4.78, 5) is 31.3. The molecule has 1 aromatic heterocycles. The third-order valence-corrected chi connectivity index (χ3v) is 10.5. The summed E-state index contributed by atoms with van der Waals surface area (Å²) in [6.07, 6.45) is 4.87. The molecule has 0 saturated carbocycles. The van der Waals surface area contributed by atoms with Crippen molar-refractivity contribution in [1.82, 2.24) is 30.1 Å². The molecule has 2 amide bonds. The van der Waals surface area contributed by atoms with Crippen molar-refractivity contribution < 1.29 is 9.59 Å². The van der Waals surface area contributed by atoms with Gasteiger partial charge in [-0.3, -0.25) is 14.5 Å². The number of hydrogen-bond acceptors (Lipinski definition) is 5. The molecular formula is C33H34Cl2N6O2. The molecule has 0 bridgehead atoms. The minimum atomic E-state index is -0.260. The number of hydrogen-bond donors (Lipinski definition) is 1. The van der Waals surface area contributed by atoms with E-state index in [1.807, 2.05) is 30.1 Å². The second-order valence-corrected chi connectivity index (χ2v) is 13.2.